The second-order valence-electron chi connectivity index (χ2n) is 6.22. The highest BCUT2D eigenvalue weighted by Crippen LogP contribution is 2.33. The van der Waals surface area contributed by atoms with E-state index in [1.165, 1.54) is 11.3 Å². The number of rotatable bonds is 7. The summed E-state index contributed by atoms with van der Waals surface area (Å²) >= 11 is 19.9. The van der Waals surface area contributed by atoms with Gasteiger partial charge in [-0.15, -0.1) is 0 Å². The molecular formula is C20H20Cl3N3OS. The summed E-state index contributed by atoms with van der Waals surface area (Å²) in [5.41, 5.74) is 1.14. The van der Waals surface area contributed by atoms with Crippen LogP contribution >= 0.6 is 46.1 Å². The molecule has 0 atom stereocenters. The Bertz CT molecular complexity index is 968. The molecule has 0 aliphatic heterocycles. The van der Waals surface area contributed by atoms with Crippen LogP contribution in [0.2, 0.25) is 15.1 Å². The van der Waals surface area contributed by atoms with Gasteiger partial charge in [0.15, 0.2) is 5.13 Å². The number of benzene rings is 2. The summed E-state index contributed by atoms with van der Waals surface area (Å²) in [4.78, 5) is 21.9. The maximum absolute atomic E-state index is 13.3. The number of carbonyl (C=O) groups excluding carboxylic acids is 1. The summed E-state index contributed by atoms with van der Waals surface area (Å²) in [5.74, 6) is -0.188. The second-order valence-corrected chi connectivity index (χ2v) is 8.51. The van der Waals surface area contributed by atoms with E-state index in [4.69, 9.17) is 34.8 Å². The standard InChI is InChI=1S/C20H20Cl3N3OS/c1-3-25(4-2)8-9-26(19(27)13-10-14(21)12-15(22)11-13)20-24-18-16(23)6-5-7-17(18)28-20/h5-7,10-12H,3-4,8-9H2,1-2H3. The molecule has 3 rings (SSSR count). The summed E-state index contributed by atoms with van der Waals surface area (Å²) in [6.07, 6.45) is 0. The molecule has 0 unspecified atom stereocenters. The summed E-state index contributed by atoms with van der Waals surface area (Å²) in [6.45, 7) is 7.26. The lowest BCUT2D eigenvalue weighted by Gasteiger charge is -2.25. The van der Waals surface area contributed by atoms with E-state index in [-0.39, 0.29) is 5.91 Å². The number of likely N-dealkylation sites (N-methyl/N-ethyl adjacent to an activating group) is 1. The van der Waals surface area contributed by atoms with Crippen LogP contribution in [0.1, 0.15) is 24.2 Å². The summed E-state index contributed by atoms with van der Waals surface area (Å²) in [7, 11) is 0. The Morgan fingerprint density at radius 3 is 2.32 bits per heavy atom. The van der Waals surface area contributed by atoms with Gasteiger partial charge in [0.2, 0.25) is 0 Å². The molecule has 28 heavy (non-hydrogen) atoms. The number of hydrogen-bond donors (Lipinski definition) is 0. The van der Waals surface area contributed by atoms with Gasteiger partial charge in [-0.1, -0.05) is 66.1 Å². The van der Waals surface area contributed by atoms with Crippen LogP contribution in [0, 0.1) is 0 Å². The normalized spacial score (nSPS) is 11.4. The van der Waals surface area contributed by atoms with E-state index in [0.717, 1.165) is 24.3 Å². The third-order valence-electron chi connectivity index (χ3n) is 4.48. The number of nitrogens with zero attached hydrogens (tertiary/aromatic N) is 3. The lowest BCUT2D eigenvalue weighted by atomic mass is 10.2. The summed E-state index contributed by atoms with van der Waals surface area (Å²) < 4.78 is 0.937. The molecule has 0 radical (unpaired) electrons. The number of thiazole rings is 1. The van der Waals surface area contributed by atoms with Crippen LogP contribution in [0.25, 0.3) is 10.2 Å². The molecule has 1 heterocycles. The molecule has 0 fully saturated rings. The number of aromatic nitrogens is 1. The van der Waals surface area contributed by atoms with Gasteiger partial charge in [0.25, 0.3) is 5.91 Å². The third kappa shape index (κ3) is 4.78. The van der Waals surface area contributed by atoms with E-state index in [9.17, 15) is 4.79 Å². The first-order valence-corrected chi connectivity index (χ1v) is 10.9. The fourth-order valence-electron chi connectivity index (χ4n) is 2.92. The Morgan fingerprint density at radius 2 is 1.71 bits per heavy atom. The van der Waals surface area contributed by atoms with E-state index >= 15 is 0 Å². The van der Waals surface area contributed by atoms with E-state index in [0.29, 0.717) is 37.8 Å². The minimum absolute atomic E-state index is 0.188. The molecule has 1 amide bonds. The van der Waals surface area contributed by atoms with Crippen molar-refractivity contribution >= 4 is 67.4 Å². The monoisotopic (exact) mass is 455 g/mol. The van der Waals surface area contributed by atoms with Gasteiger partial charge in [0.05, 0.1) is 9.72 Å². The van der Waals surface area contributed by atoms with Gasteiger partial charge in [0.1, 0.15) is 5.52 Å². The van der Waals surface area contributed by atoms with Crippen LogP contribution in [-0.4, -0.2) is 42.0 Å². The number of halogens is 3. The molecule has 3 aromatic rings. The van der Waals surface area contributed by atoms with Crippen molar-refractivity contribution in [2.75, 3.05) is 31.1 Å². The molecule has 0 aliphatic rings. The fourth-order valence-corrected chi connectivity index (χ4v) is 4.73. The van der Waals surface area contributed by atoms with Gasteiger partial charge < -0.3 is 4.90 Å². The molecule has 2 aromatic carbocycles. The number of fused-ring (bicyclic) bond motifs is 1. The Kier molecular flexibility index (Phi) is 7.18. The van der Waals surface area contributed by atoms with E-state index in [1.54, 1.807) is 29.2 Å². The van der Waals surface area contributed by atoms with Crippen molar-refractivity contribution in [1.29, 1.82) is 0 Å². The number of amides is 1. The molecule has 8 heteroatoms. The van der Waals surface area contributed by atoms with Crippen LogP contribution in [0.15, 0.2) is 36.4 Å². The van der Waals surface area contributed by atoms with Crippen LogP contribution in [-0.2, 0) is 0 Å². The topological polar surface area (TPSA) is 36.4 Å². The van der Waals surface area contributed by atoms with E-state index in [1.807, 2.05) is 12.1 Å². The quantitative estimate of drug-likeness (QED) is 0.422. The number of para-hydroxylation sites is 1. The maximum Gasteiger partial charge on any atom is 0.260 e. The molecule has 0 N–H and O–H groups in total. The predicted octanol–water partition coefficient (Wildman–Crippen LogP) is 6.25. The molecule has 1 aromatic heterocycles. The van der Waals surface area contributed by atoms with Gasteiger partial charge in [-0.2, -0.15) is 0 Å². The lowest BCUT2D eigenvalue weighted by molar-refractivity contribution is 0.0984. The third-order valence-corrected chi connectivity index (χ3v) is 6.26. The largest absolute Gasteiger partial charge is 0.302 e. The number of carbonyl (C=O) groups is 1. The van der Waals surface area contributed by atoms with Crippen molar-refractivity contribution in [1.82, 2.24) is 9.88 Å². The zero-order valence-corrected chi connectivity index (χ0v) is 18.7. The highest BCUT2D eigenvalue weighted by molar-refractivity contribution is 7.22. The van der Waals surface area contributed by atoms with Gasteiger partial charge in [0, 0.05) is 28.7 Å². The molecule has 0 saturated carbocycles. The van der Waals surface area contributed by atoms with Crippen molar-refractivity contribution in [3.8, 4) is 0 Å². The van der Waals surface area contributed by atoms with Gasteiger partial charge >= 0.3 is 0 Å². The zero-order valence-electron chi connectivity index (χ0n) is 15.6. The Balaban J connectivity index is 2.00. The van der Waals surface area contributed by atoms with Crippen molar-refractivity contribution in [3.63, 3.8) is 0 Å². The molecule has 0 spiro atoms. The minimum atomic E-state index is -0.188. The van der Waals surface area contributed by atoms with Crippen LogP contribution in [0.3, 0.4) is 0 Å². The first-order valence-electron chi connectivity index (χ1n) is 8.98. The number of anilines is 1. The van der Waals surface area contributed by atoms with Gasteiger partial charge in [-0.25, -0.2) is 4.98 Å². The second kappa shape index (κ2) is 9.42. The zero-order chi connectivity index (χ0) is 20.3. The van der Waals surface area contributed by atoms with Crippen molar-refractivity contribution in [3.05, 3.63) is 57.0 Å². The summed E-state index contributed by atoms with van der Waals surface area (Å²) in [5, 5.41) is 2.03. The predicted molar refractivity (Wildman–Crippen MR) is 121 cm³/mol. The average Bonchev–Trinajstić information content (AvgIpc) is 3.09. The molecule has 4 nitrogen and oxygen atoms in total. The van der Waals surface area contributed by atoms with Crippen LogP contribution < -0.4 is 4.90 Å². The highest BCUT2D eigenvalue weighted by Gasteiger charge is 2.23. The van der Waals surface area contributed by atoms with Crippen molar-refractivity contribution < 1.29 is 4.79 Å². The Labute approximate surface area is 183 Å². The molecule has 148 valence electrons. The van der Waals surface area contributed by atoms with Crippen molar-refractivity contribution in [2.45, 2.75) is 13.8 Å². The van der Waals surface area contributed by atoms with E-state index in [2.05, 4.69) is 23.7 Å². The lowest BCUT2D eigenvalue weighted by Crippen LogP contribution is -2.38. The average molecular weight is 457 g/mol. The molecular weight excluding hydrogens is 437 g/mol. The Hall–Kier alpha value is -1.37. The summed E-state index contributed by atoms with van der Waals surface area (Å²) in [6, 6.07) is 10.5. The minimum Gasteiger partial charge on any atom is -0.302 e. The SMILES string of the molecule is CCN(CC)CCN(C(=O)c1cc(Cl)cc(Cl)c1)c1nc2c(Cl)cccc2s1. The first-order chi connectivity index (χ1) is 13.4. The van der Waals surface area contributed by atoms with E-state index < -0.39 is 0 Å². The fraction of sp³-hybridized carbons (Fsp3) is 0.300. The smallest absolute Gasteiger partial charge is 0.260 e. The van der Waals surface area contributed by atoms with Crippen LogP contribution in [0.5, 0.6) is 0 Å². The Morgan fingerprint density at radius 1 is 1.04 bits per heavy atom. The highest BCUT2D eigenvalue weighted by atomic mass is 35.5. The van der Waals surface area contributed by atoms with Crippen LogP contribution in [0.4, 0.5) is 5.13 Å². The van der Waals surface area contributed by atoms with Gasteiger partial charge in [-0.3, -0.25) is 9.69 Å². The molecule has 0 bridgehead atoms. The first kappa shape index (κ1) is 21.3. The maximum atomic E-state index is 13.3. The van der Waals surface area contributed by atoms with Gasteiger partial charge in [-0.05, 0) is 43.4 Å². The molecule has 0 aliphatic carbocycles. The van der Waals surface area contributed by atoms with Crippen molar-refractivity contribution in [2.24, 2.45) is 0 Å². The number of hydrogen-bond acceptors (Lipinski definition) is 4. The molecule has 0 saturated heterocycles.